The molecule has 4 nitrogen and oxygen atoms in total. The van der Waals surface area contributed by atoms with Crippen LogP contribution in [0.15, 0.2) is 34.7 Å². The summed E-state index contributed by atoms with van der Waals surface area (Å²) in [5.41, 5.74) is 7.16. The van der Waals surface area contributed by atoms with Crippen LogP contribution < -0.4 is 10.2 Å². The average Bonchev–Trinajstić information content (AvgIpc) is 3.22. The number of hydrogen-bond acceptors (Lipinski definition) is 5. The van der Waals surface area contributed by atoms with Gasteiger partial charge >= 0.3 is 0 Å². The number of anilines is 1. The summed E-state index contributed by atoms with van der Waals surface area (Å²) in [6.07, 6.45) is 3.70. The fourth-order valence-corrected chi connectivity index (χ4v) is 5.09. The first-order chi connectivity index (χ1) is 11.9. The Labute approximate surface area is 153 Å². The average molecular weight is 356 g/mol. The van der Waals surface area contributed by atoms with Crippen molar-refractivity contribution in [2.24, 2.45) is 21.8 Å². The molecule has 25 heavy (non-hydrogen) atoms. The molecule has 2 unspecified atom stereocenters. The van der Waals surface area contributed by atoms with Crippen LogP contribution in [0.25, 0.3) is 11.3 Å². The molecule has 2 aromatic rings. The first kappa shape index (κ1) is 16.6. The van der Waals surface area contributed by atoms with Gasteiger partial charge in [0.15, 0.2) is 0 Å². The van der Waals surface area contributed by atoms with Gasteiger partial charge in [-0.05, 0) is 54.9 Å². The first-order valence-electron chi connectivity index (χ1n) is 8.87. The van der Waals surface area contributed by atoms with Gasteiger partial charge < -0.3 is 4.74 Å². The molecular formula is C20H25N3OS. The Morgan fingerprint density at radius 2 is 2.00 bits per heavy atom. The van der Waals surface area contributed by atoms with E-state index in [1.165, 1.54) is 18.6 Å². The highest BCUT2D eigenvalue weighted by atomic mass is 32.1. The number of hydrogen-bond donors (Lipinski definition) is 1. The van der Waals surface area contributed by atoms with Crippen molar-refractivity contribution in [1.82, 2.24) is 4.98 Å². The standard InChI is InChI=1S/C20H25N3OS/c1-19(2)14-9-10-20(19,3)17(11-14)22-23-18-21-16(12-25-18)13-5-7-15(24-4)8-6-13/h5-8,12,14H,9-11H2,1-4H3,(H,21,23)/b22-17-. The van der Waals surface area contributed by atoms with E-state index in [9.17, 15) is 0 Å². The Morgan fingerprint density at radius 1 is 1.24 bits per heavy atom. The molecule has 2 saturated carbocycles. The second kappa shape index (κ2) is 5.84. The lowest BCUT2D eigenvalue weighted by Crippen LogP contribution is -2.32. The maximum atomic E-state index is 5.21. The molecule has 4 rings (SSSR count). The number of benzene rings is 1. The fourth-order valence-electron chi connectivity index (χ4n) is 4.43. The molecule has 1 heterocycles. The van der Waals surface area contributed by atoms with Gasteiger partial charge in [-0.2, -0.15) is 5.10 Å². The highest BCUT2D eigenvalue weighted by molar-refractivity contribution is 7.14. The Hall–Kier alpha value is -1.88. The zero-order valence-corrected chi connectivity index (χ0v) is 16.1. The van der Waals surface area contributed by atoms with Crippen molar-refractivity contribution < 1.29 is 4.74 Å². The van der Waals surface area contributed by atoms with E-state index in [0.29, 0.717) is 5.41 Å². The largest absolute Gasteiger partial charge is 0.497 e. The summed E-state index contributed by atoms with van der Waals surface area (Å²) < 4.78 is 5.21. The number of aromatic nitrogens is 1. The van der Waals surface area contributed by atoms with Crippen LogP contribution in [0.1, 0.15) is 40.0 Å². The molecule has 0 aliphatic heterocycles. The molecule has 1 aromatic carbocycles. The fraction of sp³-hybridized carbons (Fsp3) is 0.500. The Balaban J connectivity index is 1.50. The summed E-state index contributed by atoms with van der Waals surface area (Å²) >= 11 is 1.60. The van der Waals surface area contributed by atoms with Crippen molar-refractivity contribution in [3.8, 4) is 17.0 Å². The van der Waals surface area contributed by atoms with E-state index < -0.39 is 0 Å². The second-order valence-corrected chi connectivity index (χ2v) is 8.79. The third-order valence-corrected chi connectivity index (χ3v) is 7.44. The lowest BCUT2D eigenvalue weighted by molar-refractivity contribution is 0.194. The molecular weight excluding hydrogens is 330 g/mol. The van der Waals surface area contributed by atoms with E-state index >= 15 is 0 Å². The normalized spacial score (nSPS) is 28.5. The van der Waals surface area contributed by atoms with Gasteiger partial charge in [-0.1, -0.05) is 20.8 Å². The molecule has 2 aliphatic carbocycles. The van der Waals surface area contributed by atoms with E-state index in [-0.39, 0.29) is 5.41 Å². The number of hydrazone groups is 1. The monoisotopic (exact) mass is 355 g/mol. The predicted molar refractivity (Wildman–Crippen MR) is 104 cm³/mol. The molecule has 0 amide bonds. The molecule has 132 valence electrons. The molecule has 2 atom stereocenters. The van der Waals surface area contributed by atoms with Gasteiger partial charge in [-0.3, -0.25) is 5.43 Å². The Morgan fingerprint density at radius 3 is 2.60 bits per heavy atom. The quantitative estimate of drug-likeness (QED) is 0.744. The van der Waals surface area contributed by atoms with E-state index in [2.05, 4.69) is 36.6 Å². The molecule has 2 aliphatic rings. The summed E-state index contributed by atoms with van der Waals surface area (Å²) in [5.74, 6) is 1.63. The summed E-state index contributed by atoms with van der Waals surface area (Å²) in [5, 5.41) is 7.69. The zero-order chi connectivity index (χ0) is 17.7. The number of thiazole rings is 1. The molecule has 2 fully saturated rings. The van der Waals surface area contributed by atoms with Crippen LogP contribution in [0.5, 0.6) is 5.75 Å². The van der Waals surface area contributed by atoms with Crippen LogP contribution in [0, 0.1) is 16.7 Å². The lowest BCUT2D eigenvalue weighted by atomic mass is 9.70. The van der Waals surface area contributed by atoms with E-state index in [1.807, 2.05) is 24.3 Å². The van der Waals surface area contributed by atoms with Crippen LogP contribution in [0.4, 0.5) is 5.13 Å². The number of rotatable bonds is 4. The van der Waals surface area contributed by atoms with Crippen molar-refractivity contribution in [3.63, 3.8) is 0 Å². The minimum atomic E-state index is 0.223. The number of methoxy groups -OCH3 is 1. The van der Waals surface area contributed by atoms with E-state index in [1.54, 1.807) is 18.4 Å². The van der Waals surface area contributed by atoms with Gasteiger partial charge in [0.1, 0.15) is 5.75 Å². The van der Waals surface area contributed by atoms with Gasteiger partial charge in [0.25, 0.3) is 0 Å². The van der Waals surface area contributed by atoms with Gasteiger partial charge in [0, 0.05) is 22.1 Å². The number of nitrogens with one attached hydrogen (secondary N) is 1. The van der Waals surface area contributed by atoms with Crippen LogP contribution in [-0.2, 0) is 0 Å². The highest BCUT2D eigenvalue weighted by Crippen LogP contribution is 2.63. The van der Waals surface area contributed by atoms with Crippen molar-refractivity contribution in [1.29, 1.82) is 0 Å². The van der Waals surface area contributed by atoms with Crippen LogP contribution >= 0.6 is 11.3 Å². The van der Waals surface area contributed by atoms with Gasteiger partial charge in [-0.15, -0.1) is 11.3 Å². The molecule has 2 bridgehead atoms. The number of nitrogens with zero attached hydrogens (tertiary/aromatic N) is 2. The van der Waals surface area contributed by atoms with Gasteiger partial charge in [0.2, 0.25) is 5.13 Å². The van der Waals surface area contributed by atoms with Gasteiger partial charge in [-0.25, -0.2) is 4.98 Å². The summed E-state index contributed by atoms with van der Waals surface area (Å²) in [6.45, 7) is 7.18. The number of ether oxygens (including phenoxy) is 1. The van der Waals surface area contributed by atoms with Crippen molar-refractivity contribution in [2.75, 3.05) is 12.5 Å². The van der Waals surface area contributed by atoms with Crippen LogP contribution in [0.3, 0.4) is 0 Å². The van der Waals surface area contributed by atoms with Crippen molar-refractivity contribution in [3.05, 3.63) is 29.6 Å². The number of fused-ring (bicyclic) bond motifs is 2. The minimum Gasteiger partial charge on any atom is -0.497 e. The summed E-state index contributed by atoms with van der Waals surface area (Å²) in [7, 11) is 1.68. The van der Waals surface area contributed by atoms with E-state index in [4.69, 9.17) is 9.84 Å². The molecule has 0 radical (unpaired) electrons. The maximum absolute atomic E-state index is 5.21. The third kappa shape index (κ3) is 2.56. The van der Waals surface area contributed by atoms with Crippen molar-refractivity contribution in [2.45, 2.75) is 40.0 Å². The molecule has 0 saturated heterocycles. The van der Waals surface area contributed by atoms with Crippen LogP contribution in [-0.4, -0.2) is 17.8 Å². The lowest BCUT2D eigenvalue weighted by Gasteiger charge is -2.34. The predicted octanol–water partition coefficient (Wildman–Crippen LogP) is 5.43. The molecule has 1 aromatic heterocycles. The molecule has 5 heteroatoms. The molecule has 0 spiro atoms. The van der Waals surface area contributed by atoms with Gasteiger partial charge in [0.05, 0.1) is 12.8 Å². The SMILES string of the molecule is COc1ccc(-c2csc(N/N=C3/CC4CCC3(C)C4(C)C)n2)cc1. The second-order valence-electron chi connectivity index (χ2n) is 7.93. The minimum absolute atomic E-state index is 0.223. The highest BCUT2D eigenvalue weighted by Gasteiger charge is 2.59. The summed E-state index contributed by atoms with van der Waals surface area (Å²) in [4.78, 5) is 4.68. The zero-order valence-electron chi connectivity index (χ0n) is 15.3. The maximum Gasteiger partial charge on any atom is 0.203 e. The summed E-state index contributed by atoms with van der Waals surface area (Å²) in [6, 6.07) is 7.98. The van der Waals surface area contributed by atoms with Crippen molar-refractivity contribution >= 4 is 22.2 Å². The first-order valence-corrected chi connectivity index (χ1v) is 9.75. The molecule has 1 N–H and O–H groups in total. The smallest absolute Gasteiger partial charge is 0.203 e. The Kier molecular flexibility index (Phi) is 3.87. The third-order valence-electron chi connectivity index (χ3n) is 6.69. The Bertz CT molecular complexity index is 809. The van der Waals surface area contributed by atoms with Crippen LogP contribution in [0.2, 0.25) is 0 Å². The van der Waals surface area contributed by atoms with E-state index in [0.717, 1.165) is 34.5 Å². The topological polar surface area (TPSA) is 46.5 Å².